The molecule has 2 aromatic heterocycles. The zero-order valence-electron chi connectivity index (χ0n) is 12.0. The predicted octanol–water partition coefficient (Wildman–Crippen LogP) is 3.36. The fraction of sp³-hybridized carbons (Fsp3) is 0.500. The molecule has 1 aliphatic rings. The average molecular weight is 271 g/mol. The molecule has 0 aliphatic carbocycles. The van der Waals surface area contributed by atoms with E-state index in [1.54, 1.807) is 0 Å². The number of aryl methyl sites for hydroxylation is 1. The Hall–Kier alpha value is -1.68. The van der Waals surface area contributed by atoms with Gasteiger partial charge in [-0.2, -0.15) is 0 Å². The van der Waals surface area contributed by atoms with E-state index in [2.05, 4.69) is 40.2 Å². The van der Waals surface area contributed by atoms with Gasteiger partial charge in [0, 0.05) is 31.4 Å². The van der Waals surface area contributed by atoms with Crippen LogP contribution in [0.2, 0.25) is 0 Å². The maximum absolute atomic E-state index is 5.43. The number of rotatable bonds is 5. The number of hydrogen-bond donors (Lipinski definition) is 0. The Morgan fingerprint density at radius 1 is 1.35 bits per heavy atom. The van der Waals surface area contributed by atoms with Gasteiger partial charge in [0.2, 0.25) is 0 Å². The van der Waals surface area contributed by atoms with Crippen molar-refractivity contribution in [2.24, 2.45) is 0 Å². The number of aromatic nitrogens is 2. The maximum Gasteiger partial charge on any atom is 0.137 e. The second-order valence-electron chi connectivity index (χ2n) is 5.45. The quantitative estimate of drug-likeness (QED) is 0.836. The number of nitrogens with zero attached hydrogens (tertiary/aromatic N) is 3. The van der Waals surface area contributed by atoms with Gasteiger partial charge in [-0.3, -0.25) is 9.88 Å². The summed E-state index contributed by atoms with van der Waals surface area (Å²) in [5, 5.41) is 4.28. The summed E-state index contributed by atoms with van der Waals surface area (Å²) >= 11 is 0. The van der Waals surface area contributed by atoms with Crippen molar-refractivity contribution in [2.45, 2.75) is 45.2 Å². The van der Waals surface area contributed by atoms with E-state index < -0.39 is 0 Å². The molecule has 1 aliphatic heterocycles. The molecule has 0 saturated carbocycles. The first-order valence-electron chi connectivity index (χ1n) is 7.45. The normalized spacial score (nSPS) is 19.6. The minimum atomic E-state index is 0.400. The number of pyridine rings is 1. The van der Waals surface area contributed by atoms with Gasteiger partial charge in [-0.05, 0) is 43.5 Å². The molecular weight excluding hydrogens is 250 g/mol. The SMILES string of the molecule is CCCc1cc([C@H]2CCCN2Cc2ccncc2)no1. The first kappa shape index (κ1) is 13.3. The molecule has 106 valence electrons. The van der Waals surface area contributed by atoms with Gasteiger partial charge in [0.05, 0.1) is 6.04 Å². The van der Waals surface area contributed by atoms with Gasteiger partial charge >= 0.3 is 0 Å². The van der Waals surface area contributed by atoms with Gasteiger partial charge in [-0.25, -0.2) is 0 Å². The Labute approximate surface area is 119 Å². The zero-order chi connectivity index (χ0) is 13.8. The third-order valence-corrected chi connectivity index (χ3v) is 3.91. The monoisotopic (exact) mass is 271 g/mol. The first-order valence-corrected chi connectivity index (χ1v) is 7.45. The van der Waals surface area contributed by atoms with Crippen molar-refractivity contribution < 1.29 is 4.52 Å². The third-order valence-electron chi connectivity index (χ3n) is 3.91. The molecule has 4 heteroatoms. The fourth-order valence-electron chi connectivity index (χ4n) is 2.92. The van der Waals surface area contributed by atoms with E-state index in [0.29, 0.717) is 6.04 Å². The lowest BCUT2D eigenvalue weighted by molar-refractivity contribution is 0.236. The van der Waals surface area contributed by atoms with Crippen molar-refractivity contribution in [3.63, 3.8) is 0 Å². The first-order chi connectivity index (χ1) is 9.86. The minimum Gasteiger partial charge on any atom is -0.361 e. The van der Waals surface area contributed by atoms with Gasteiger partial charge < -0.3 is 4.52 Å². The lowest BCUT2D eigenvalue weighted by Crippen LogP contribution is -2.22. The molecule has 0 radical (unpaired) electrons. The summed E-state index contributed by atoms with van der Waals surface area (Å²) in [6, 6.07) is 6.71. The van der Waals surface area contributed by atoms with Crippen LogP contribution in [0.5, 0.6) is 0 Å². The summed E-state index contributed by atoms with van der Waals surface area (Å²) in [4.78, 5) is 6.56. The van der Waals surface area contributed by atoms with Crippen molar-refractivity contribution in [1.82, 2.24) is 15.0 Å². The molecule has 0 aromatic carbocycles. The molecule has 0 N–H and O–H groups in total. The molecule has 1 fully saturated rings. The average Bonchev–Trinajstić information content (AvgIpc) is 3.09. The summed E-state index contributed by atoms with van der Waals surface area (Å²) in [5.41, 5.74) is 2.41. The Bertz CT molecular complexity index is 538. The van der Waals surface area contributed by atoms with E-state index in [-0.39, 0.29) is 0 Å². The third kappa shape index (κ3) is 2.90. The van der Waals surface area contributed by atoms with Crippen LogP contribution in [0.3, 0.4) is 0 Å². The van der Waals surface area contributed by atoms with Crippen LogP contribution >= 0.6 is 0 Å². The topological polar surface area (TPSA) is 42.2 Å². The van der Waals surface area contributed by atoms with Crippen molar-refractivity contribution in [3.05, 3.63) is 47.6 Å². The molecule has 20 heavy (non-hydrogen) atoms. The molecule has 0 spiro atoms. The summed E-state index contributed by atoms with van der Waals surface area (Å²) in [7, 11) is 0. The van der Waals surface area contributed by atoms with E-state index in [1.807, 2.05) is 12.4 Å². The summed E-state index contributed by atoms with van der Waals surface area (Å²) in [5.74, 6) is 1.01. The van der Waals surface area contributed by atoms with Crippen LogP contribution in [0.1, 0.15) is 49.2 Å². The van der Waals surface area contributed by atoms with Crippen molar-refractivity contribution in [1.29, 1.82) is 0 Å². The standard InChI is InChI=1S/C16H21N3O/c1-2-4-14-11-15(18-20-14)16-5-3-10-19(16)12-13-6-8-17-9-7-13/h6-9,11,16H,2-5,10,12H2,1H3/t16-/m1/s1. The van der Waals surface area contributed by atoms with E-state index in [4.69, 9.17) is 4.52 Å². The van der Waals surface area contributed by atoms with E-state index in [0.717, 1.165) is 37.4 Å². The van der Waals surface area contributed by atoms with Crippen molar-refractivity contribution in [2.75, 3.05) is 6.54 Å². The predicted molar refractivity (Wildman–Crippen MR) is 77.1 cm³/mol. The van der Waals surface area contributed by atoms with Crippen LogP contribution in [-0.4, -0.2) is 21.6 Å². The molecule has 0 unspecified atom stereocenters. The molecule has 0 bridgehead atoms. The summed E-state index contributed by atoms with van der Waals surface area (Å²) in [6.45, 7) is 4.25. The highest BCUT2D eigenvalue weighted by atomic mass is 16.5. The lowest BCUT2D eigenvalue weighted by atomic mass is 10.1. The van der Waals surface area contributed by atoms with Gasteiger partial charge in [-0.1, -0.05) is 12.1 Å². The largest absolute Gasteiger partial charge is 0.361 e. The van der Waals surface area contributed by atoms with Crippen LogP contribution in [0.15, 0.2) is 35.1 Å². The lowest BCUT2D eigenvalue weighted by Gasteiger charge is -2.22. The van der Waals surface area contributed by atoms with E-state index in [9.17, 15) is 0 Å². The second kappa shape index (κ2) is 6.18. The fourth-order valence-corrected chi connectivity index (χ4v) is 2.92. The van der Waals surface area contributed by atoms with Gasteiger partial charge in [0.1, 0.15) is 11.5 Å². The molecule has 3 heterocycles. The highest BCUT2D eigenvalue weighted by molar-refractivity contribution is 5.14. The Kier molecular flexibility index (Phi) is 4.11. The van der Waals surface area contributed by atoms with Crippen LogP contribution in [0, 0.1) is 0 Å². The van der Waals surface area contributed by atoms with Crippen molar-refractivity contribution >= 4 is 0 Å². The highest BCUT2D eigenvalue weighted by Crippen LogP contribution is 2.32. The zero-order valence-corrected chi connectivity index (χ0v) is 12.0. The van der Waals surface area contributed by atoms with Gasteiger partial charge in [0.25, 0.3) is 0 Å². The summed E-state index contributed by atoms with van der Waals surface area (Å²) < 4.78 is 5.43. The Balaban J connectivity index is 1.71. The van der Waals surface area contributed by atoms with Crippen molar-refractivity contribution in [3.8, 4) is 0 Å². The van der Waals surface area contributed by atoms with Gasteiger partial charge in [0.15, 0.2) is 0 Å². The van der Waals surface area contributed by atoms with Crippen LogP contribution < -0.4 is 0 Å². The van der Waals surface area contributed by atoms with Gasteiger partial charge in [-0.15, -0.1) is 0 Å². The highest BCUT2D eigenvalue weighted by Gasteiger charge is 2.28. The van der Waals surface area contributed by atoms with Crippen LogP contribution in [0.25, 0.3) is 0 Å². The summed E-state index contributed by atoms with van der Waals surface area (Å²) in [6.07, 6.45) is 8.19. The molecule has 2 aromatic rings. The molecule has 0 amide bonds. The molecule has 4 nitrogen and oxygen atoms in total. The molecule has 3 rings (SSSR count). The van der Waals surface area contributed by atoms with Crippen LogP contribution in [-0.2, 0) is 13.0 Å². The number of hydrogen-bond acceptors (Lipinski definition) is 4. The van der Waals surface area contributed by atoms with Crippen LogP contribution in [0.4, 0.5) is 0 Å². The second-order valence-corrected chi connectivity index (χ2v) is 5.45. The Morgan fingerprint density at radius 3 is 3.00 bits per heavy atom. The molecule has 1 atom stereocenters. The number of likely N-dealkylation sites (tertiary alicyclic amines) is 1. The van der Waals surface area contributed by atoms with E-state index >= 15 is 0 Å². The van der Waals surface area contributed by atoms with E-state index in [1.165, 1.54) is 18.4 Å². The Morgan fingerprint density at radius 2 is 2.20 bits per heavy atom. The maximum atomic E-state index is 5.43. The minimum absolute atomic E-state index is 0.400. The molecule has 1 saturated heterocycles. The molecular formula is C16H21N3O. The smallest absolute Gasteiger partial charge is 0.137 e.